The van der Waals surface area contributed by atoms with Crippen molar-refractivity contribution in [2.45, 2.75) is 26.7 Å². The summed E-state index contributed by atoms with van der Waals surface area (Å²) >= 11 is 0. The van der Waals surface area contributed by atoms with Gasteiger partial charge in [-0.1, -0.05) is 25.3 Å². The Labute approximate surface area is 110 Å². The molecule has 94 valence electrons. The minimum Gasteiger partial charge on any atom is -0.266 e. The smallest absolute Gasteiger partial charge is 0.0561 e. The summed E-state index contributed by atoms with van der Waals surface area (Å²) in [5.41, 5.74) is 3.53. The summed E-state index contributed by atoms with van der Waals surface area (Å²) in [5.74, 6) is 0. The standard InChI is InChI=1S/C16H20N2/c1-13-9-10-15(3)18-14(2)8-6-5-7-11-17-16(4)12-13/h6,8-12H,1,3,5,7H2,2,4H3/b8-6-,10-9-,16-12?,17-11?,18-14?. The monoisotopic (exact) mass is 240 g/mol. The van der Waals surface area contributed by atoms with Crippen LogP contribution in [0.2, 0.25) is 0 Å². The first-order valence-electron chi connectivity index (χ1n) is 6.06. The molecule has 0 amide bonds. The van der Waals surface area contributed by atoms with E-state index in [1.807, 2.05) is 44.4 Å². The SMILES string of the molecule is C=C1C=C(C)N=CCC/C=C\C(C)=NC(=C)/C=C\1. The average Bonchev–Trinajstić information content (AvgIpc) is 2.30. The van der Waals surface area contributed by atoms with Crippen molar-refractivity contribution in [3.05, 3.63) is 60.5 Å². The maximum absolute atomic E-state index is 4.37. The molecule has 1 heterocycles. The summed E-state index contributed by atoms with van der Waals surface area (Å²) < 4.78 is 0. The molecule has 18 heavy (non-hydrogen) atoms. The van der Waals surface area contributed by atoms with Gasteiger partial charge in [-0.15, -0.1) is 0 Å². The average molecular weight is 240 g/mol. The first-order valence-corrected chi connectivity index (χ1v) is 6.06. The van der Waals surface area contributed by atoms with E-state index in [0.717, 1.165) is 35.5 Å². The van der Waals surface area contributed by atoms with Crippen LogP contribution in [0.5, 0.6) is 0 Å². The normalized spacial score (nSPS) is 21.9. The van der Waals surface area contributed by atoms with Crippen LogP contribution >= 0.6 is 0 Å². The topological polar surface area (TPSA) is 24.7 Å². The van der Waals surface area contributed by atoms with Crippen LogP contribution in [0.15, 0.2) is 70.5 Å². The molecule has 2 heteroatoms. The van der Waals surface area contributed by atoms with Crippen molar-refractivity contribution >= 4 is 11.9 Å². The summed E-state index contributed by atoms with van der Waals surface area (Å²) in [5, 5.41) is 0. The molecule has 0 aromatic heterocycles. The van der Waals surface area contributed by atoms with Crippen LogP contribution in [0.25, 0.3) is 0 Å². The highest BCUT2D eigenvalue weighted by Crippen LogP contribution is 2.07. The Morgan fingerprint density at radius 3 is 2.61 bits per heavy atom. The number of allylic oxidation sites excluding steroid dienone is 7. The van der Waals surface area contributed by atoms with Crippen molar-refractivity contribution in [3.8, 4) is 0 Å². The van der Waals surface area contributed by atoms with Crippen molar-refractivity contribution in [3.63, 3.8) is 0 Å². The molecule has 0 aliphatic carbocycles. The molecule has 0 atom stereocenters. The minimum atomic E-state index is 0.727. The van der Waals surface area contributed by atoms with E-state index in [-0.39, 0.29) is 0 Å². The second kappa shape index (κ2) is 7.38. The van der Waals surface area contributed by atoms with Crippen molar-refractivity contribution < 1.29 is 0 Å². The number of hydrogen-bond donors (Lipinski definition) is 0. The molecule has 0 fully saturated rings. The van der Waals surface area contributed by atoms with Crippen molar-refractivity contribution in [2.75, 3.05) is 0 Å². The largest absolute Gasteiger partial charge is 0.266 e. The third kappa shape index (κ3) is 5.94. The first-order chi connectivity index (χ1) is 8.58. The predicted molar refractivity (Wildman–Crippen MR) is 81.2 cm³/mol. The highest BCUT2D eigenvalue weighted by molar-refractivity contribution is 5.93. The van der Waals surface area contributed by atoms with E-state index in [9.17, 15) is 0 Å². The highest BCUT2D eigenvalue weighted by Gasteiger charge is 1.90. The first kappa shape index (κ1) is 14.1. The van der Waals surface area contributed by atoms with Gasteiger partial charge >= 0.3 is 0 Å². The van der Waals surface area contributed by atoms with Crippen LogP contribution < -0.4 is 0 Å². The van der Waals surface area contributed by atoms with Crippen LogP contribution in [0, 0.1) is 0 Å². The van der Waals surface area contributed by atoms with E-state index in [2.05, 4.69) is 29.2 Å². The summed E-state index contributed by atoms with van der Waals surface area (Å²) in [6, 6.07) is 0. The molecule has 1 aliphatic rings. The Morgan fingerprint density at radius 2 is 1.83 bits per heavy atom. The van der Waals surface area contributed by atoms with Gasteiger partial charge in [0, 0.05) is 17.6 Å². The maximum atomic E-state index is 4.37. The molecule has 0 aromatic rings. The van der Waals surface area contributed by atoms with Gasteiger partial charge < -0.3 is 0 Å². The predicted octanol–water partition coefficient (Wildman–Crippen LogP) is 4.40. The summed E-state index contributed by atoms with van der Waals surface area (Å²) in [7, 11) is 0. The Morgan fingerprint density at radius 1 is 1.06 bits per heavy atom. The minimum absolute atomic E-state index is 0.727. The van der Waals surface area contributed by atoms with Gasteiger partial charge in [0.2, 0.25) is 0 Å². The molecule has 0 saturated carbocycles. The number of nitrogens with zero attached hydrogens (tertiary/aromatic N) is 2. The Hall–Kier alpha value is -1.96. The fraction of sp³-hybridized carbons (Fsp3) is 0.250. The van der Waals surface area contributed by atoms with Crippen molar-refractivity contribution in [1.29, 1.82) is 0 Å². The molecule has 0 N–H and O–H groups in total. The van der Waals surface area contributed by atoms with E-state index < -0.39 is 0 Å². The van der Waals surface area contributed by atoms with Crippen molar-refractivity contribution in [2.24, 2.45) is 9.98 Å². The van der Waals surface area contributed by atoms with E-state index >= 15 is 0 Å². The van der Waals surface area contributed by atoms with Crippen LogP contribution in [-0.2, 0) is 0 Å². The molecule has 0 unspecified atom stereocenters. The molecule has 0 radical (unpaired) electrons. The molecule has 0 aromatic carbocycles. The molecule has 0 bridgehead atoms. The second-order valence-electron chi connectivity index (χ2n) is 4.23. The van der Waals surface area contributed by atoms with Gasteiger partial charge in [-0.25, -0.2) is 0 Å². The molecule has 0 saturated heterocycles. The van der Waals surface area contributed by atoms with E-state index in [0.29, 0.717) is 0 Å². The summed E-state index contributed by atoms with van der Waals surface area (Å²) in [6.07, 6.45) is 13.6. The van der Waals surface area contributed by atoms with E-state index in [1.54, 1.807) is 0 Å². The molecular formula is C16H20N2. The lowest BCUT2D eigenvalue weighted by atomic mass is 10.2. The lowest BCUT2D eigenvalue weighted by molar-refractivity contribution is 1.11. The zero-order chi connectivity index (χ0) is 13.4. The van der Waals surface area contributed by atoms with Gasteiger partial charge in [0.05, 0.1) is 5.70 Å². The summed E-state index contributed by atoms with van der Waals surface area (Å²) in [4.78, 5) is 8.73. The Balaban J connectivity index is 2.94. The lowest BCUT2D eigenvalue weighted by Crippen LogP contribution is -1.86. The molecule has 0 spiro atoms. The zero-order valence-corrected chi connectivity index (χ0v) is 11.2. The highest BCUT2D eigenvalue weighted by atomic mass is 14.7. The van der Waals surface area contributed by atoms with E-state index in [1.165, 1.54) is 0 Å². The Kier molecular flexibility index (Phi) is 5.78. The fourth-order valence-electron chi connectivity index (χ4n) is 1.49. The molecule has 1 rings (SSSR count). The quantitative estimate of drug-likeness (QED) is 0.599. The molecule has 1 aliphatic heterocycles. The Bertz CT molecular complexity index is 427. The van der Waals surface area contributed by atoms with Crippen LogP contribution in [0.3, 0.4) is 0 Å². The van der Waals surface area contributed by atoms with Gasteiger partial charge in [0.15, 0.2) is 0 Å². The van der Waals surface area contributed by atoms with Crippen LogP contribution in [0.4, 0.5) is 0 Å². The maximum Gasteiger partial charge on any atom is 0.0561 e. The summed E-state index contributed by atoms with van der Waals surface area (Å²) in [6.45, 7) is 11.8. The number of rotatable bonds is 0. The zero-order valence-electron chi connectivity index (χ0n) is 11.2. The second-order valence-corrected chi connectivity index (χ2v) is 4.23. The van der Waals surface area contributed by atoms with Gasteiger partial charge in [-0.2, -0.15) is 0 Å². The van der Waals surface area contributed by atoms with E-state index in [4.69, 9.17) is 0 Å². The number of aliphatic imine (C=N–C) groups is 2. The number of hydrogen-bond acceptors (Lipinski definition) is 2. The molecular weight excluding hydrogens is 220 g/mol. The van der Waals surface area contributed by atoms with Crippen molar-refractivity contribution in [1.82, 2.24) is 0 Å². The van der Waals surface area contributed by atoms with Gasteiger partial charge in [0.1, 0.15) is 0 Å². The third-order valence-corrected chi connectivity index (χ3v) is 2.32. The van der Waals surface area contributed by atoms with Gasteiger partial charge in [-0.3, -0.25) is 9.98 Å². The fourth-order valence-corrected chi connectivity index (χ4v) is 1.49. The van der Waals surface area contributed by atoms with Crippen LogP contribution in [-0.4, -0.2) is 11.9 Å². The third-order valence-electron chi connectivity index (χ3n) is 2.32. The molecule has 2 nitrogen and oxygen atoms in total. The van der Waals surface area contributed by atoms with Crippen LogP contribution in [0.1, 0.15) is 26.7 Å². The van der Waals surface area contributed by atoms with Gasteiger partial charge in [0.25, 0.3) is 0 Å². The lowest BCUT2D eigenvalue weighted by Gasteiger charge is -1.97. The van der Waals surface area contributed by atoms with Gasteiger partial charge in [-0.05, 0) is 50.5 Å².